The fraction of sp³-hybridized carbons (Fsp3) is 0. The first-order valence-corrected chi connectivity index (χ1v) is 5.69. The van der Waals surface area contributed by atoms with Gasteiger partial charge >= 0.3 is 0 Å². The van der Waals surface area contributed by atoms with Gasteiger partial charge in [0.1, 0.15) is 11.5 Å². The molecule has 0 radical (unpaired) electrons. The van der Waals surface area contributed by atoms with E-state index >= 15 is 0 Å². The standard InChI is InChI=1S/C15H11FN2/c16-13-5-2-11(3-6-13)1-4-12-7-9-17-15-14(12)8-10-18-15/h1-10H,(H,17,18)/b4-1+. The molecule has 0 saturated carbocycles. The van der Waals surface area contributed by atoms with Crippen molar-refractivity contribution in [2.24, 2.45) is 0 Å². The van der Waals surface area contributed by atoms with Crippen LogP contribution < -0.4 is 0 Å². The molecule has 0 saturated heterocycles. The molecule has 3 aromatic rings. The van der Waals surface area contributed by atoms with Gasteiger partial charge in [0.2, 0.25) is 0 Å². The first kappa shape index (κ1) is 10.7. The van der Waals surface area contributed by atoms with Crippen molar-refractivity contribution in [1.29, 1.82) is 0 Å². The predicted molar refractivity (Wildman–Crippen MR) is 71.4 cm³/mol. The van der Waals surface area contributed by atoms with Crippen molar-refractivity contribution >= 4 is 23.2 Å². The summed E-state index contributed by atoms with van der Waals surface area (Å²) in [4.78, 5) is 7.30. The minimum atomic E-state index is -0.218. The summed E-state index contributed by atoms with van der Waals surface area (Å²) in [6, 6.07) is 10.4. The average molecular weight is 238 g/mol. The molecule has 0 fully saturated rings. The number of hydrogen-bond donors (Lipinski definition) is 1. The lowest BCUT2D eigenvalue weighted by Gasteiger charge is -1.96. The van der Waals surface area contributed by atoms with Gasteiger partial charge in [0.05, 0.1) is 0 Å². The number of aromatic amines is 1. The number of hydrogen-bond acceptors (Lipinski definition) is 1. The van der Waals surface area contributed by atoms with Gasteiger partial charge in [0.15, 0.2) is 0 Å². The Morgan fingerprint density at radius 2 is 1.83 bits per heavy atom. The first-order valence-electron chi connectivity index (χ1n) is 5.69. The van der Waals surface area contributed by atoms with E-state index in [1.165, 1.54) is 12.1 Å². The van der Waals surface area contributed by atoms with Crippen LogP contribution in [-0.4, -0.2) is 9.97 Å². The fourth-order valence-electron chi connectivity index (χ4n) is 1.89. The number of nitrogens with one attached hydrogen (secondary N) is 1. The number of benzene rings is 1. The van der Waals surface area contributed by atoms with Crippen LogP contribution in [0.1, 0.15) is 11.1 Å². The van der Waals surface area contributed by atoms with Crippen molar-refractivity contribution in [2.75, 3.05) is 0 Å². The molecule has 0 spiro atoms. The van der Waals surface area contributed by atoms with Crippen LogP contribution in [0.2, 0.25) is 0 Å². The number of aromatic nitrogens is 2. The van der Waals surface area contributed by atoms with Gasteiger partial charge in [0.25, 0.3) is 0 Å². The lowest BCUT2D eigenvalue weighted by atomic mass is 10.1. The zero-order chi connectivity index (χ0) is 12.4. The monoisotopic (exact) mass is 238 g/mol. The molecule has 18 heavy (non-hydrogen) atoms. The normalized spacial score (nSPS) is 11.4. The van der Waals surface area contributed by atoms with Crippen LogP contribution in [0.4, 0.5) is 4.39 Å². The summed E-state index contributed by atoms with van der Waals surface area (Å²) in [7, 11) is 0. The lowest BCUT2D eigenvalue weighted by Crippen LogP contribution is -1.79. The fourth-order valence-corrected chi connectivity index (χ4v) is 1.89. The summed E-state index contributed by atoms with van der Waals surface area (Å²) in [5, 5.41) is 1.08. The van der Waals surface area contributed by atoms with Crippen LogP contribution in [0.5, 0.6) is 0 Å². The third kappa shape index (κ3) is 2.02. The van der Waals surface area contributed by atoms with E-state index in [1.54, 1.807) is 18.3 Å². The molecule has 0 aliphatic heterocycles. The van der Waals surface area contributed by atoms with E-state index in [4.69, 9.17) is 0 Å². The molecule has 1 N–H and O–H groups in total. The van der Waals surface area contributed by atoms with E-state index < -0.39 is 0 Å². The lowest BCUT2D eigenvalue weighted by molar-refractivity contribution is 0.628. The number of fused-ring (bicyclic) bond motifs is 1. The molecule has 2 nitrogen and oxygen atoms in total. The highest BCUT2D eigenvalue weighted by Crippen LogP contribution is 2.17. The van der Waals surface area contributed by atoms with Gasteiger partial charge < -0.3 is 4.98 Å². The first-order chi connectivity index (χ1) is 8.83. The highest BCUT2D eigenvalue weighted by Gasteiger charge is 1.98. The Balaban J connectivity index is 1.96. The number of pyridine rings is 1. The quantitative estimate of drug-likeness (QED) is 0.721. The van der Waals surface area contributed by atoms with Crippen molar-refractivity contribution in [1.82, 2.24) is 9.97 Å². The summed E-state index contributed by atoms with van der Waals surface area (Å²) in [5.74, 6) is -0.218. The van der Waals surface area contributed by atoms with Crippen molar-refractivity contribution in [2.45, 2.75) is 0 Å². The van der Waals surface area contributed by atoms with Gasteiger partial charge in [-0.3, -0.25) is 0 Å². The van der Waals surface area contributed by atoms with Crippen molar-refractivity contribution in [3.05, 3.63) is 65.7 Å². The summed E-state index contributed by atoms with van der Waals surface area (Å²) >= 11 is 0. The molecule has 0 aliphatic carbocycles. The zero-order valence-corrected chi connectivity index (χ0v) is 9.60. The van der Waals surface area contributed by atoms with Gasteiger partial charge in [-0.1, -0.05) is 24.3 Å². The molecular formula is C15H11FN2. The largest absolute Gasteiger partial charge is 0.346 e. The summed E-state index contributed by atoms with van der Waals surface area (Å²) in [5.41, 5.74) is 2.93. The molecule has 0 atom stereocenters. The Morgan fingerprint density at radius 3 is 2.67 bits per heavy atom. The van der Waals surface area contributed by atoms with E-state index in [2.05, 4.69) is 9.97 Å². The maximum atomic E-state index is 12.8. The number of halogens is 1. The number of nitrogens with zero attached hydrogens (tertiary/aromatic N) is 1. The van der Waals surface area contributed by atoms with E-state index in [9.17, 15) is 4.39 Å². The second-order valence-electron chi connectivity index (χ2n) is 4.03. The third-order valence-corrected chi connectivity index (χ3v) is 2.82. The minimum Gasteiger partial charge on any atom is -0.346 e. The summed E-state index contributed by atoms with van der Waals surface area (Å²) < 4.78 is 12.8. The molecule has 0 unspecified atom stereocenters. The molecular weight excluding hydrogens is 227 g/mol. The molecule has 0 aliphatic rings. The van der Waals surface area contributed by atoms with E-state index in [1.807, 2.05) is 30.5 Å². The van der Waals surface area contributed by atoms with Crippen LogP contribution in [0.25, 0.3) is 23.2 Å². The molecule has 1 aromatic carbocycles. The predicted octanol–water partition coefficient (Wildman–Crippen LogP) is 3.87. The Labute approximate surface area is 104 Å². The van der Waals surface area contributed by atoms with Crippen LogP contribution in [0, 0.1) is 5.82 Å². The van der Waals surface area contributed by atoms with Crippen molar-refractivity contribution < 1.29 is 4.39 Å². The second kappa shape index (κ2) is 4.45. The Morgan fingerprint density at radius 1 is 1.00 bits per heavy atom. The summed E-state index contributed by atoms with van der Waals surface area (Å²) in [6.45, 7) is 0. The topological polar surface area (TPSA) is 28.7 Å². The van der Waals surface area contributed by atoms with Crippen LogP contribution in [-0.2, 0) is 0 Å². The second-order valence-corrected chi connectivity index (χ2v) is 4.03. The average Bonchev–Trinajstić information content (AvgIpc) is 2.87. The molecule has 3 rings (SSSR count). The third-order valence-electron chi connectivity index (χ3n) is 2.82. The van der Waals surface area contributed by atoms with E-state index in [-0.39, 0.29) is 5.82 Å². The van der Waals surface area contributed by atoms with Crippen LogP contribution >= 0.6 is 0 Å². The van der Waals surface area contributed by atoms with Gasteiger partial charge in [-0.05, 0) is 35.4 Å². The maximum absolute atomic E-state index is 12.8. The molecule has 88 valence electrons. The van der Waals surface area contributed by atoms with Gasteiger partial charge in [0, 0.05) is 17.8 Å². The van der Waals surface area contributed by atoms with Crippen LogP contribution in [0.15, 0.2) is 48.8 Å². The van der Waals surface area contributed by atoms with E-state index in [0.717, 1.165) is 22.2 Å². The SMILES string of the molecule is Fc1ccc(/C=C/c2ccnc3[nH]ccc23)cc1. The number of H-pyrrole nitrogens is 1. The Kier molecular flexibility index (Phi) is 2.65. The Bertz CT molecular complexity index is 696. The van der Waals surface area contributed by atoms with Crippen molar-refractivity contribution in [3.8, 4) is 0 Å². The zero-order valence-electron chi connectivity index (χ0n) is 9.60. The van der Waals surface area contributed by atoms with E-state index in [0.29, 0.717) is 0 Å². The molecule has 0 bridgehead atoms. The van der Waals surface area contributed by atoms with Gasteiger partial charge in [-0.25, -0.2) is 9.37 Å². The molecule has 3 heteroatoms. The highest BCUT2D eigenvalue weighted by atomic mass is 19.1. The minimum absolute atomic E-state index is 0.218. The Hall–Kier alpha value is -2.42. The smallest absolute Gasteiger partial charge is 0.137 e. The van der Waals surface area contributed by atoms with Gasteiger partial charge in [-0.15, -0.1) is 0 Å². The summed E-state index contributed by atoms with van der Waals surface area (Å²) in [6.07, 6.45) is 7.60. The molecule has 2 aromatic heterocycles. The van der Waals surface area contributed by atoms with Crippen molar-refractivity contribution in [3.63, 3.8) is 0 Å². The van der Waals surface area contributed by atoms with Crippen LogP contribution in [0.3, 0.4) is 0 Å². The molecule has 0 amide bonds. The van der Waals surface area contributed by atoms with Gasteiger partial charge in [-0.2, -0.15) is 0 Å². The number of rotatable bonds is 2. The highest BCUT2D eigenvalue weighted by molar-refractivity contribution is 5.88. The maximum Gasteiger partial charge on any atom is 0.137 e. The molecule has 2 heterocycles.